The number of amides is 1. The molecule has 1 aliphatic heterocycles. The maximum Gasteiger partial charge on any atom is 0.301 e. The molecule has 0 aliphatic carbocycles. The highest BCUT2D eigenvalue weighted by atomic mass is 16.5. The van der Waals surface area contributed by atoms with Gasteiger partial charge in [-0.15, -0.1) is 0 Å². The lowest BCUT2D eigenvalue weighted by Crippen LogP contribution is -2.30. The van der Waals surface area contributed by atoms with Crippen LogP contribution in [0.5, 0.6) is 17.2 Å². The molecule has 1 N–H and O–H groups in total. The quantitative estimate of drug-likeness (QED) is 0.223. The number of methoxy groups -OCH3 is 1. The molecule has 1 aromatic heterocycles. The highest BCUT2D eigenvalue weighted by Gasteiger charge is 2.47. The number of ether oxygens (including phenoxy) is 2. The van der Waals surface area contributed by atoms with E-state index in [1.807, 2.05) is 30.3 Å². The van der Waals surface area contributed by atoms with Gasteiger partial charge in [-0.25, -0.2) is 4.98 Å². The molecule has 1 aliphatic rings. The molecule has 178 valence electrons. The van der Waals surface area contributed by atoms with Gasteiger partial charge in [-0.1, -0.05) is 36.4 Å². The highest BCUT2D eigenvalue weighted by molar-refractivity contribution is 6.51. The van der Waals surface area contributed by atoms with Crippen molar-refractivity contribution >= 4 is 23.3 Å². The van der Waals surface area contributed by atoms with Gasteiger partial charge in [0, 0.05) is 11.8 Å². The van der Waals surface area contributed by atoms with Gasteiger partial charge in [-0.05, 0) is 66.2 Å². The number of Topliss-reactive ketones (excluding diaryl/α,β-unsaturated/α-hetero) is 1. The molecular weight excluding hydrogens is 456 g/mol. The molecule has 0 bridgehead atoms. The minimum Gasteiger partial charge on any atom is -0.507 e. The normalized spacial score (nSPS) is 16.7. The van der Waals surface area contributed by atoms with Gasteiger partial charge >= 0.3 is 5.91 Å². The summed E-state index contributed by atoms with van der Waals surface area (Å²) in [4.78, 5) is 32.2. The topological polar surface area (TPSA) is 89.0 Å². The molecule has 7 nitrogen and oxygen atoms in total. The van der Waals surface area contributed by atoms with Crippen LogP contribution in [0.4, 0.5) is 5.82 Å². The van der Waals surface area contributed by atoms with E-state index < -0.39 is 17.7 Å². The summed E-state index contributed by atoms with van der Waals surface area (Å²) in [5, 5.41) is 11.3. The Labute approximate surface area is 207 Å². The number of ketones is 1. The third-order valence-electron chi connectivity index (χ3n) is 5.86. The first-order valence-electron chi connectivity index (χ1n) is 11.3. The maximum absolute atomic E-state index is 13.3. The lowest BCUT2D eigenvalue weighted by atomic mass is 9.95. The molecule has 0 radical (unpaired) electrons. The number of rotatable bonds is 6. The number of aliphatic hydroxyl groups excluding tert-OH is 1. The second-order valence-corrected chi connectivity index (χ2v) is 8.07. The second kappa shape index (κ2) is 9.76. The number of pyridine rings is 1. The van der Waals surface area contributed by atoms with E-state index in [4.69, 9.17) is 9.47 Å². The lowest BCUT2D eigenvalue weighted by molar-refractivity contribution is -0.132. The number of aromatic nitrogens is 1. The minimum absolute atomic E-state index is 0.0346. The van der Waals surface area contributed by atoms with E-state index in [9.17, 15) is 14.7 Å². The van der Waals surface area contributed by atoms with Crippen LogP contribution in [0.2, 0.25) is 0 Å². The molecule has 3 aromatic carbocycles. The predicted molar refractivity (Wildman–Crippen MR) is 135 cm³/mol. The Morgan fingerprint density at radius 2 is 1.56 bits per heavy atom. The summed E-state index contributed by atoms with van der Waals surface area (Å²) >= 11 is 0. The van der Waals surface area contributed by atoms with E-state index in [2.05, 4.69) is 4.98 Å². The summed E-state index contributed by atoms with van der Waals surface area (Å²) in [5.41, 5.74) is 0.938. The molecular formula is C29H22N2O5. The van der Waals surface area contributed by atoms with Gasteiger partial charge in [0.1, 0.15) is 28.8 Å². The summed E-state index contributed by atoms with van der Waals surface area (Å²) < 4.78 is 11.2. The van der Waals surface area contributed by atoms with Crippen molar-refractivity contribution in [2.45, 2.75) is 6.04 Å². The predicted octanol–water partition coefficient (Wildman–Crippen LogP) is 5.51. The number of carbonyl (C=O) groups excluding carboxylic acids is 2. The number of carbonyl (C=O) groups is 2. The van der Waals surface area contributed by atoms with Crippen LogP contribution < -0.4 is 14.4 Å². The fraction of sp³-hybridized carbons (Fsp3) is 0.0690. The van der Waals surface area contributed by atoms with E-state index in [1.165, 1.54) is 12.0 Å². The zero-order chi connectivity index (χ0) is 25.1. The molecule has 1 fully saturated rings. The molecule has 4 aromatic rings. The largest absolute Gasteiger partial charge is 0.507 e. The van der Waals surface area contributed by atoms with Gasteiger partial charge < -0.3 is 14.6 Å². The molecule has 1 saturated heterocycles. The third kappa shape index (κ3) is 4.30. The Morgan fingerprint density at radius 3 is 2.25 bits per heavy atom. The van der Waals surface area contributed by atoms with Crippen molar-refractivity contribution in [2.75, 3.05) is 12.0 Å². The summed E-state index contributed by atoms with van der Waals surface area (Å²) in [5.74, 6) is 0.210. The highest BCUT2D eigenvalue weighted by Crippen LogP contribution is 2.42. The Hall–Kier alpha value is -4.91. The van der Waals surface area contributed by atoms with Crippen LogP contribution in [0.3, 0.4) is 0 Å². The zero-order valence-electron chi connectivity index (χ0n) is 19.4. The van der Waals surface area contributed by atoms with Crippen molar-refractivity contribution in [1.29, 1.82) is 0 Å². The first-order valence-corrected chi connectivity index (χ1v) is 11.3. The molecule has 1 atom stereocenters. The van der Waals surface area contributed by atoms with Gasteiger partial charge in [0.05, 0.1) is 18.7 Å². The average molecular weight is 479 g/mol. The van der Waals surface area contributed by atoms with Crippen LogP contribution >= 0.6 is 0 Å². The van der Waals surface area contributed by atoms with E-state index >= 15 is 0 Å². The molecule has 0 saturated carbocycles. The minimum atomic E-state index is -0.915. The third-order valence-corrected chi connectivity index (χ3v) is 5.86. The van der Waals surface area contributed by atoms with Crippen molar-refractivity contribution in [1.82, 2.24) is 4.98 Å². The molecule has 5 rings (SSSR count). The molecule has 1 unspecified atom stereocenters. The second-order valence-electron chi connectivity index (χ2n) is 8.07. The Morgan fingerprint density at radius 1 is 0.833 bits per heavy atom. The van der Waals surface area contributed by atoms with Crippen LogP contribution in [-0.2, 0) is 9.59 Å². The average Bonchev–Trinajstić information content (AvgIpc) is 3.19. The van der Waals surface area contributed by atoms with Crippen molar-refractivity contribution in [2.24, 2.45) is 0 Å². The number of aliphatic hydroxyl groups is 1. The summed E-state index contributed by atoms with van der Waals surface area (Å²) in [6, 6.07) is 27.2. The van der Waals surface area contributed by atoms with E-state index in [0.717, 1.165) is 0 Å². The SMILES string of the molecule is COc1ccc(/C(O)=C2/C(=O)C(=O)N(c3ccccn3)C2c2cccc(Oc3ccccc3)c2)cc1. The maximum atomic E-state index is 13.3. The lowest BCUT2D eigenvalue weighted by Gasteiger charge is -2.24. The van der Waals surface area contributed by atoms with Gasteiger partial charge in [-0.3, -0.25) is 14.5 Å². The number of hydrogen-bond acceptors (Lipinski definition) is 6. The van der Waals surface area contributed by atoms with Crippen molar-refractivity contribution in [3.8, 4) is 17.2 Å². The van der Waals surface area contributed by atoms with E-state index in [1.54, 1.807) is 72.9 Å². The number of para-hydroxylation sites is 1. The number of hydrogen-bond donors (Lipinski definition) is 1. The standard InChI is InChI=1S/C29H22N2O5/c1-35-21-15-13-19(14-16-21)27(32)25-26(31(29(34)28(25)33)24-12-5-6-17-30-24)20-8-7-11-23(18-20)36-22-9-3-2-4-10-22/h2-18,26,32H,1H3/b27-25-. The van der Waals surface area contributed by atoms with Gasteiger partial charge in [0.25, 0.3) is 5.78 Å². The molecule has 2 heterocycles. The van der Waals surface area contributed by atoms with Crippen LogP contribution in [0.1, 0.15) is 17.2 Å². The molecule has 1 amide bonds. The van der Waals surface area contributed by atoms with E-state index in [-0.39, 0.29) is 11.3 Å². The van der Waals surface area contributed by atoms with Gasteiger partial charge in [0.2, 0.25) is 0 Å². The number of anilines is 1. The Bertz CT molecular complexity index is 1430. The van der Waals surface area contributed by atoms with E-state index in [0.29, 0.717) is 34.2 Å². The van der Waals surface area contributed by atoms with Crippen molar-refractivity contribution in [3.05, 3.63) is 120 Å². The fourth-order valence-corrected chi connectivity index (χ4v) is 4.16. The first kappa shape index (κ1) is 22.9. The summed E-state index contributed by atoms with van der Waals surface area (Å²) in [7, 11) is 1.54. The zero-order valence-corrected chi connectivity index (χ0v) is 19.4. The number of benzene rings is 3. The number of nitrogens with zero attached hydrogens (tertiary/aromatic N) is 2. The smallest absolute Gasteiger partial charge is 0.301 e. The molecule has 36 heavy (non-hydrogen) atoms. The van der Waals surface area contributed by atoms with Gasteiger partial charge in [0.15, 0.2) is 0 Å². The fourth-order valence-electron chi connectivity index (χ4n) is 4.16. The summed E-state index contributed by atoms with van der Waals surface area (Å²) in [6.45, 7) is 0. The van der Waals surface area contributed by atoms with Crippen molar-refractivity contribution in [3.63, 3.8) is 0 Å². The molecule has 7 heteroatoms. The Kier molecular flexibility index (Phi) is 6.19. The van der Waals surface area contributed by atoms with Crippen LogP contribution in [-0.4, -0.2) is 28.9 Å². The van der Waals surface area contributed by atoms with Crippen LogP contribution in [0, 0.1) is 0 Å². The van der Waals surface area contributed by atoms with Crippen molar-refractivity contribution < 1.29 is 24.2 Å². The monoisotopic (exact) mass is 478 g/mol. The first-order chi connectivity index (χ1) is 17.6. The molecule has 0 spiro atoms. The van der Waals surface area contributed by atoms with Crippen LogP contribution in [0.15, 0.2) is 109 Å². The summed E-state index contributed by atoms with van der Waals surface area (Å²) in [6.07, 6.45) is 1.55. The van der Waals surface area contributed by atoms with Crippen LogP contribution in [0.25, 0.3) is 5.76 Å². The van der Waals surface area contributed by atoms with Gasteiger partial charge in [-0.2, -0.15) is 0 Å². The Balaban J connectivity index is 1.65.